The van der Waals surface area contributed by atoms with Gasteiger partial charge in [0.05, 0.1) is 13.2 Å². The zero-order chi connectivity index (χ0) is 15.2. The highest BCUT2D eigenvalue weighted by Gasteiger charge is 2.43. The topological polar surface area (TPSA) is 58.6 Å². The lowest BCUT2D eigenvalue weighted by molar-refractivity contribution is -0.151. The Morgan fingerprint density at radius 3 is 2.45 bits per heavy atom. The monoisotopic (exact) mass is 284 g/mol. The van der Waals surface area contributed by atoms with Crippen LogP contribution < -0.4 is 5.32 Å². The number of nitrogens with zero attached hydrogens (tertiary/aromatic N) is 1. The molecule has 2 amide bonds. The quantitative estimate of drug-likeness (QED) is 0.688. The third-order valence-corrected chi connectivity index (χ3v) is 3.96. The van der Waals surface area contributed by atoms with Crippen LogP contribution in [-0.4, -0.2) is 48.6 Å². The van der Waals surface area contributed by atoms with Crippen LogP contribution in [-0.2, 0) is 14.3 Å². The Morgan fingerprint density at radius 1 is 1.25 bits per heavy atom. The van der Waals surface area contributed by atoms with Gasteiger partial charge in [-0.05, 0) is 25.2 Å². The van der Waals surface area contributed by atoms with Gasteiger partial charge >= 0.3 is 0 Å². The molecule has 0 aromatic rings. The number of piperazine rings is 1. The number of hydrogen-bond donors (Lipinski definition) is 1. The standard InChI is InChI=1S/C15H28N2O3/c1-5-15(6-2)14(19)17(11-13(18)16-15)8-10-20-9-7-12(3)4/h12H,5-11H2,1-4H3,(H,16,18). The van der Waals surface area contributed by atoms with E-state index in [2.05, 4.69) is 19.2 Å². The van der Waals surface area contributed by atoms with Crippen molar-refractivity contribution in [1.29, 1.82) is 0 Å². The van der Waals surface area contributed by atoms with Crippen molar-refractivity contribution in [3.8, 4) is 0 Å². The molecule has 1 heterocycles. The smallest absolute Gasteiger partial charge is 0.248 e. The van der Waals surface area contributed by atoms with Gasteiger partial charge in [0.1, 0.15) is 5.54 Å². The molecular weight excluding hydrogens is 256 g/mol. The summed E-state index contributed by atoms with van der Waals surface area (Å²) in [6.07, 6.45) is 2.26. The third-order valence-electron chi connectivity index (χ3n) is 3.96. The van der Waals surface area contributed by atoms with E-state index in [1.165, 1.54) is 0 Å². The van der Waals surface area contributed by atoms with Gasteiger partial charge in [-0.25, -0.2) is 0 Å². The fourth-order valence-corrected chi connectivity index (χ4v) is 2.41. The molecule has 0 bridgehead atoms. The first-order valence-electron chi connectivity index (χ1n) is 7.63. The molecule has 0 atom stereocenters. The zero-order valence-electron chi connectivity index (χ0n) is 13.2. The highest BCUT2D eigenvalue weighted by molar-refractivity contribution is 5.97. The Kier molecular flexibility index (Phi) is 6.46. The maximum atomic E-state index is 12.5. The summed E-state index contributed by atoms with van der Waals surface area (Å²) in [4.78, 5) is 25.9. The fraction of sp³-hybridized carbons (Fsp3) is 0.867. The molecule has 1 fully saturated rings. The van der Waals surface area contributed by atoms with E-state index >= 15 is 0 Å². The molecule has 0 aliphatic carbocycles. The zero-order valence-corrected chi connectivity index (χ0v) is 13.2. The van der Waals surface area contributed by atoms with Crippen LogP contribution in [0.3, 0.4) is 0 Å². The van der Waals surface area contributed by atoms with E-state index in [0.717, 1.165) is 6.42 Å². The number of carbonyl (C=O) groups excluding carboxylic acids is 2. The summed E-state index contributed by atoms with van der Waals surface area (Å²) in [5, 5.41) is 2.85. The first-order valence-corrected chi connectivity index (χ1v) is 7.63. The normalized spacial score (nSPS) is 18.6. The van der Waals surface area contributed by atoms with Gasteiger partial charge in [-0.3, -0.25) is 9.59 Å². The molecule has 5 nitrogen and oxygen atoms in total. The van der Waals surface area contributed by atoms with E-state index in [4.69, 9.17) is 4.74 Å². The summed E-state index contributed by atoms with van der Waals surface area (Å²) in [6.45, 7) is 10.0. The van der Waals surface area contributed by atoms with Crippen molar-refractivity contribution in [3.63, 3.8) is 0 Å². The third kappa shape index (κ3) is 4.20. The first-order chi connectivity index (χ1) is 9.45. The predicted octanol–water partition coefficient (Wildman–Crippen LogP) is 1.57. The number of hydrogen-bond acceptors (Lipinski definition) is 3. The number of carbonyl (C=O) groups is 2. The summed E-state index contributed by atoms with van der Waals surface area (Å²) in [6, 6.07) is 0. The molecule has 0 saturated carbocycles. The molecule has 0 spiro atoms. The highest BCUT2D eigenvalue weighted by Crippen LogP contribution is 2.21. The minimum Gasteiger partial charge on any atom is -0.380 e. The van der Waals surface area contributed by atoms with Crippen molar-refractivity contribution >= 4 is 11.8 Å². The molecule has 1 rings (SSSR count). The second kappa shape index (κ2) is 7.62. The maximum absolute atomic E-state index is 12.5. The van der Waals surface area contributed by atoms with Crippen LogP contribution in [0.15, 0.2) is 0 Å². The van der Waals surface area contributed by atoms with Crippen LogP contribution in [0.2, 0.25) is 0 Å². The van der Waals surface area contributed by atoms with Crippen molar-refractivity contribution in [2.24, 2.45) is 5.92 Å². The molecule has 1 N–H and O–H groups in total. The van der Waals surface area contributed by atoms with Gasteiger partial charge in [0.15, 0.2) is 0 Å². The van der Waals surface area contributed by atoms with Gasteiger partial charge in [0.2, 0.25) is 11.8 Å². The first kappa shape index (κ1) is 17.0. The molecule has 1 aliphatic heterocycles. The highest BCUT2D eigenvalue weighted by atomic mass is 16.5. The van der Waals surface area contributed by atoms with E-state index < -0.39 is 5.54 Å². The molecule has 0 aromatic carbocycles. The van der Waals surface area contributed by atoms with Gasteiger partial charge < -0.3 is 15.0 Å². The fourth-order valence-electron chi connectivity index (χ4n) is 2.41. The number of nitrogens with one attached hydrogen (secondary N) is 1. The summed E-state index contributed by atoms with van der Waals surface area (Å²) in [7, 11) is 0. The van der Waals surface area contributed by atoms with Gasteiger partial charge in [-0.15, -0.1) is 0 Å². The molecule has 0 unspecified atom stereocenters. The number of ether oxygens (including phenoxy) is 1. The molecular formula is C15H28N2O3. The average Bonchev–Trinajstić information content (AvgIpc) is 2.41. The molecule has 5 heteroatoms. The van der Waals surface area contributed by atoms with Crippen LogP contribution in [0, 0.1) is 5.92 Å². The minimum atomic E-state index is -0.715. The molecule has 0 aromatic heterocycles. The van der Waals surface area contributed by atoms with Crippen molar-refractivity contribution in [2.45, 2.75) is 52.5 Å². The van der Waals surface area contributed by atoms with E-state index in [1.807, 2.05) is 13.8 Å². The molecule has 116 valence electrons. The van der Waals surface area contributed by atoms with Crippen LogP contribution in [0.1, 0.15) is 47.0 Å². The second-order valence-corrected chi connectivity index (χ2v) is 5.86. The Balaban J connectivity index is 2.48. The summed E-state index contributed by atoms with van der Waals surface area (Å²) < 4.78 is 5.54. The Morgan fingerprint density at radius 2 is 1.90 bits per heavy atom. The summed E-state index contributed by atoms with van der Waals surface area (Å²) >= 11 is 0. The van der Waals surface area contributed by atoms with E-state index in [0.29, 0.717) is 38.5 Å². The Bertz CT molecular complexity index is 338. The number of amides is 2. The van der Waals surface area contributed by atoms with Crippen molar-refractivity contribution in [3.05, 3.63) is 0 Å². The lowest BCUT2D eigenvalue weighted by Crippen LogP contribution is -2.66. The van der Waals surface area contributed by atoms with Gasteiger partial charge in [0.25, 0.3) is 0 Å². The average molecular weight is 284 g/mol. The van der Waals surface area contributed by atoms with E-state index in [9.17, 15) is 9.59 Å². The lowest BCUT2D eigenvalue weighted by Gasteiger charge is -2.41. The van der Waals surface area contributed by atoms with Crippen LogP contribution >= 0.6 is 0 Å². The molecule has 0 radical (unpaired) electrons. The van der Waals surface area contributed by atoms with Crippen molar-refractivity contribution in [2.75, 3.05) is 26.3 Å². The van der Waals surface area contributed by atoms with E-state index in [-0.39, 0.29) is 18.4 Å². The van der Waals surface area contributed by atoms with E-state index in [1.54, 1.807) is 4.90 Å². The minimum absolute atomic E-state index is 0.0227. The van der Waals surface area contributed by atoms with Crippen LogP contribution in [0.5, 0.6) is 0 Å². The summed E-state index contributed by atoms with van der Waals surface area (Å²) in [5.74, 6) is 0.565. The van der Waals surface area contributed by atoms with Crippen molar-refractivity contribution in [1.82, 2.24) is 10.2 Å². The second-order valence-electron chi connectivity index (χ2n) is 5.86. The summed E-state index contributed by atoms with van der Waals surface area (Å²) in [5.41, 5.74) is -0.715. The van der Waals surface area contributed by atoms with Crippen LogP contribution in [0.25, 0.3) is 0 Å². The van der Waals surface area contributed by atoms with Crippen molar-refractivity contribution < 1.29 is 14.3 Å². The SMILES string of the molecule is CCC1(CC)NC(=O)CN(CCOCCC(C)C)C1=O. The predicted molar refractivity (Wildman–Crippen MR) is 78.3 cm³/mol. The van der Waals surface area contributed by atoms with Gasteiger partial charge in [0, 0.05) is 13.2 Å². The number of rotatable bonds is 8. The molecule has 1 saturated heterocycles. The maximum Gasteiger partial charge on any atom is 0.248 e. The lowest BCUT2D eigenvalue weighted by atomic mass is 9.89. The van der Waals surface area contributed by atoms with Gasteiger partial charge in [-0.1, -0.05) is 27.7 Å². The Labute approximate surface area is 122 Å². The molecule has 1 aliphatic rings. The Hall–Kier alpha value is -1.10. The molecule has 20 heavy (non-hydrogen) atoms. The largest absolute Gasteiger partial charge is 0.380 e. The van der Waals surface area contributed by atoms with Gasteiger partial charge in [-0.2, -0.15) is 0 Å². The van der Waals surface area contributed by atoms with Crippen LogP contribution in [0.4, 0.5) is 0 Å².